The molecule has 1 aromatic carbocycles. The summed E-state index contributed by atoms with van der Waals surface area (Å²) in [4.78, 5) is 24.4. The molecule has 5 aromatic heterocycles. The number of nitrogens with two attached hydrogens (primary N) is 2. The van der Waals surface area contributed by atoms with E-state index in [1.54, 1.807) is 30.3 Å². The van der Waals surface area contributed by atoms with Gasteiger partial charge in [0.2, 0.25) is 0 Å². The molecule has 4 N–H and O–H groups in total. The molecule has 1 aliphatic carbocycles. The van der Waals surface area contributed by atoms with E-state index in [2.05, 4.69) is 37.9 Å². The number of aryl methyl sites for hydroxylation is 3. The number of anilines is 1. The van der Waals surface area contributed by atoms with Crippen molar-refractivity contribution in [2.75, 3.05) is 5.73 Å². The average molecular weight is 519 g/mol. The van der Waals surface area contributed by atoms with Crippen LogP contribution in [0.15, 0.2) is 79.5 Å². The predicted octanol–water partition coefficient (Wildman–Crippen LogP) is 3.26. The number of pyridine rings is 2. The van der Waals surface area contributed by atoms with Crippen LogP contribution in [-0.4, -0.2) is 45.0 Å². The molecule has 6 aromatic rings. The Balaban J connectivity index is 0.000000263. The molecule has 1 amide bonds. The number of imidazole rings is 1. The Labute approximate surface area is 223 Å². The highest BCUT2D eigenvalue weighted by molar-refractivity contribution is 5.92. The summed E-state index contributed by atoms with van der Waals surface area (Å²) in [6.45, 7) is 0. The molecule has 0 bridgehead atoms. The number of rotatable bonds is 4. The molecule has 0 fully saturated rings. The highest BCUT2D eigenvalue weighted by Gasteiger charge is 2.20. The smallest absolute Gasteiger partial charge is 0.251 e. The third-order valence-corrected chi connectivity index (χ3v) is 6.64. The van der Waals surface area contributed by atoms with Crippen LogP contribution in [0, 0.1) is 0 Å². The fraction of sp³-hybridized carbons (Fsp3) is 0.143. The molecule has 0 spiro atoms. The minimum Gasteiger partial charge on any atom is -0.383 e. The van der Waals surface area contributed by atoms with Crippen LogP contribution in [0.4, 0.5) is 5.82 Å². The van der Waals surface area contributed by atoms with E-state index in [-0.39, 0.29) is 0 Å². The Morgan fingerprint density at radius 3 is 2.56 bits per heavy atom. The van der Waals surface area contributed by atoms with E-state index in [0.717, 1.165) is 46.9 Å². The molecule has 1 aliphatic rings. The number of amides is 1. The Morgan fingerprint density at radius 1 is 0.974 bits per heavy atom. The SMILES string of the molecule is Cn1cc(C(N)=O)cn1.Nc1ncccc1-c1nc2ccc(-n3cccn3)nc2n1-c1ccc2c(c1)CCC2. The first-order chi connectivity index (χ1) is 19.0. The van der Waals surface area contributed by atoms with Crippen molar-refractivity contribution in [1.29, 1.82) is 0 Å². The van der Waals surface area contributed by atoms with Gasteiger partial charge in [-0.3, -0.25) is 14.0 Å². The van der Waals surface area contributed by atoms with Crippen molar-refractivity contribution in [2.45, 2.75) is 19.3 Å². The third-order valence-electron chi connectivity index (χ3n) is 6.64. The van der Waals surface area contributed by atoms with Crippen LogP contribution in [-0.2, 0) is 19.9 Å². The second kappa shape index (κ2) is 9.86. The first-order valence-electron chi connectivity index (χ1n) is 12.5. The molecule has 0 saturated heterocycles. The number of carbonyl (C=O) groups excluding carboxylic acids is 1. The molecule has 0 unspecified atom stereocenters. The molecule has 7 rings (SSSR count). The van der Waals surface area contributed by atoms with Gasteiger partial charge in [-0.25, -0.2) is 19.6 Å². The number of nitrogen functional groups attached to an aromatic ring is 1. The van der Waals surface area contributed by atoms with Gasteiger partial charge >= 0.3 is 0 Å². The van der Waals surface area contributed by atoms with Crippen LogP contribution in [0.2, 0.25) is 0 Å². The molecule has 0 aliphatic heterocycles. The van der Waals surface area contributed by atoms with E-state index in [1.165, 1.54) is 28.4 Å². The van der Waals surface area contributed by atoms with Crippen molar-refractivity contribution in [1.82, 2.24) is 39.1 Å². The summed E-state index contributed by atoms with van der Waals surface area (Å²) in [6, 6.07) is 16.2. The quantitative estimate of drug-likeness (QED) is 0.364. The van der Waals surface area contributed by atoms with Gasteiger partial charge < -0.3 is 11.5 Å². The van der Waals surface area contributed by atoms with Crippen molar-refractivity contribution >= 4 is 22.9 Å². The van der Waals surface area contributed by atoms with E-state index >= 15 is 0 Å². The topological polar surface area (TPSA) is 148 Å². The summed E-state index contributed by atoms with van der Waals surface area (Å²) in [5, 5.41) is 8.07. The molecule has 194 valence electrons. The lowest BCUT2D eigenvalue weighted by atomic mass is 10.1. The minimum absolute atomic E-state index is 0.442. The maximum absolute atomic E-state index is 10.4. The number of carbonyl (C=O) groups is 1. The average Bonchev–Trinajstić information content (AvgIpc) is 3.75. The highest BCUT2D eigenvalue weighted by atomic mass is 16.1. The lowest BCUT2D eigenvalue weighted by Gasteiger charge is -2.12. The van der Waals surface area contributed by atoms with E-state index in [0.29, 0.717) is 11.4 Å². The summed E-state index contributed by atoms with van der Waals surface area (Å²) in [6.07, 6.45) is 11.8. The van der Waals surface area contributed by atoms with Gasteiger partial charge in [0.15, 0.2) is 17.3 Å². The molecule has 0 radical (unpaired) electrons. The van der Waals surface area contributed by atoms with Crippen molar-refractivity contribution in [3.05, 3.63) is 96.2 Å². The molecule has 0 saturated carbocycles. The largest absolute Gasteiger partial charge is 0.383 e. The summed E-state index contributed by atoms with van der Waals surface area (Å²) in [5.74, 6) is 1.48. The number of aromatic nitrogens is 8. The molecular formula is C28H26N10O. The molecular weight excluding hydrogens is 492 g/mol. The Bertz CT molecular complexity index is 1800. The Morgan fingerprint density at radius 2 is 1.85 bits per heavy atom. The van der Waals surface area contributed by atoms with E-state index < -0.39 is 5.91 Å². The van der Waals surface area contributed by atoms with E-state index in [9.17, 15) is 4.79 Å². The molecule has 11 nitrogen and oxygen atoms in total. The van der Waals surface area contributed by atoms with Gasteiger partial charge in [0.25, 0.3) is 5.91 Å². The van der Waals surface area contributed by atoms with Crippen molar-refractivity contribution in [2.24, 2.45) is 12.8 Å². The second-order valence-electron chi connectivity index (χ2n) is 9.24. The van der Waals surface area contributed by atoms with Gasteiger partial charge in [-0.1, -0.05) is 6.07 Å². The fourth-order valence-corrected chi connectivity index (χ4v) is 4.76. The van der Waals surface area contributed by atoms with Gasteiger partial charge in [-0.15, -0.1) is 0 Å². The van der Waals surface area contributed by atoms with Gasteiger partial charge in [-0.2, -0.15) is 10.2 Å². The maximum Gasteiger partial charge on any atom is 0.251 e. The van der Waals surface area contributed by atoms with Gasteiger partial charge in [0.1, 0.15) is 11.3 Å². The number of hydrogen-bond acceptors (Lipinski definition) is 7. The van der Waals surface area contributed by atoms with E-state index in [4.69, 9.17) is 21.4 Å². The van der Waals surface area contributed by atoms with Crippen LogP contribution < -0.4 is 11.5 Å². The zero-order valence-electron chi connectivity index (χ0n) is 21.3. The molecule has 39 heavy (non-hydrogen) atoms. The lowest BCUT2D eigenvalue weighted by molar-refractivity contribution is 0.1000. The monoisotopic (exact) mass is 518 g/mol. The number of benzene rings is 1. The Kier molecular flexibility index (Phi) is 6.08. The predicted molar refractivity (Wildman–Crippen MR) is 147 cm³/mol. The molecule has 5 heterocycles. The lowest BCUT2D eigenvalue weighted by Crippen LogP contribution is -2.09. The molecule has 11 heteroatoms. The minimum atomic E-state index is -0.442. The first-order valence-corrected chi connectivity index (χ1v) is 12.5. The summed E-state index contributed by atoms with van der Waals surface area (Å²) in [7, 11) is 1.73. The summed E-state index contributed by atoms with van der Waals surface area (Å²) >= 11 is 0. The summed E-state index contributed by atoms with van der Waals surface area (Å²) in [5.41, 5.74) is 17.8. The fourth-order valence-electron chi connectivity index (χ4n) is 4.76. The van der Waals surface area contributed by atoms with Crippen LogP contribution in [0.5, 0.6) is 0 Å². The first kappa shape index (κ1) is 24.0. The zero-order valence-corrected chi connectivity index (χ0v) is 21.3. The highest BCUT2D eigenvalue weighted by Crippen LogP contribution is 2.32. The van der Waals surface area contributed by atoms with Crippen molar-refractivity contribution < 1.29 is 4.79 Å². The normalized spacial score (nSPS) is 12.2. The van der Waals surface area contributed by atoms with Crippen LogP contribution in [0.3, 0.4) is 0 Å². The van der Waals surface area contributed by atoms with Crippen molar-refractivity contribution in [3.63, 3.8) is 0 Å². The second-order valence-corrected chi connectivity index (χ2v) is 9.24. The standard InChI is InChI=1S/C23H19N7.C5H7N3O/c24-21-18(6-2-11-25-21)22-27-19-9-10-20(29-13-3-12-26-29)28-23(19)30(22)17-8-7-15-4-1-5-16(15)14-17;1-8-3-4(2-7-8)5(6)9/h2-3,6-14H,1,4-5H2,(H2,24,25);2-3H,1H3,(H2,6,9). The number of nitrogens with zero attached hydrogens (tertiary/aromatic N) is 8. The third kappa shape index (κ3) is 4.61. The van der Waals surface area contributed by atoms with E-state index in [1.807, 2.05) is 36.5 Å². The van der Waals surface area contributed by atoms with Gasteiger partial charge in [-0.05, 0) is 72.9 Å². The summed E-state index contributed by atoms with van der Waals surface area (Å²) < 4.78 is 5.35. The number of hydrogen-bond donors (Lipinski definition) is 2. The maximum atomic E-state index is 10.4. The van der Waals surface area contributed by atoms with Crippen LogP contribution >= 0.6 is 0 Å². The number of fused-ring (bicyclic) bond motifs is 2. The van der Waals surface area contributed by atoms with Gasteiger partial charge in [0, 0.05) is 37.5 Å². The number of primary amides is 1. The van der Waals surface area contributed by atoms with Crippen molar-refractivity contribution in [3.8, 4) is 22.9 Å². The van der Waals surface area contributed by atoms with Crippen LogP contribution in [0.1, 0.15) is 27.9 Å². The van der Waals surface area contributed by atoms with Gasteiger partial charge in [0.05, 0.1) is 17.3 Å². The zero-order chi connectivity index (χ0) is 26.9. The Hall–Kier alpha value is -5.32. The van der Waals surface area contributed by atoms with Crippen LogP contribution in [0.25, 0.3) is 34.1 Å². The molecule has 0 atom stereocenters.